The van der Waals surface area contributed by atoms with E-state index in [9.17, 15) is 0 Å². The number of aliphatic hydroxyl groups excluding tert-OH is 1. The van der Waals surface area contributed by atoms with Gasteiger partial charge in [0.15, 0.2) is 0 Å². The lowest BCUT2D eigenvalue weighted by molar-refractivity contribution is 0.0927. The lowest BCUT2D eigenvalue weighted by Gasteiger charge is -2.01. The zero-order valence-electron chi connectivity index (χ0n) is 6.41. The molecule has 0 aromatic carbocycles. The molecule has 0 aromatic rings. The number of methoxy groups -OCH3 is 2. The highest BCUT2D eigenvalue weighted by Gasteiger charge is 1.94. The first kappa shape index (κ1) is 9.62. The van der Waals surface area contributed by atoms with Gasteiger partial charge in [-0.2, -0.15) is 0 Å². The average Bonchev–Trinajstić information content (AvgIpc) is 1.89. The van der Waals surface area contributed by atoms with Crippen LogP contribution in [0.4, 0.5) is 0 Å². The molecule has 0 bridgehead atoms. The van der Waals surface area contributed by atoms with Gasteiger partial charge in [0.05, 0.1) is 19.3 Å². The van der Waals surface area contributed by atoms with Crippen LogP contribution >= 0.6 is 0 Å². The van der Waals surface area contributed by atoms with Gasteiger partial charge >= 0.3 is 0 Å². The van der Waals surface area contributed by atoms with Crippen LogP contribution in [0.3, 0.4) is 0 Å². The molecule has 0 spiro atoms. The minimum atomic E-state index is -0.514. The minimum Gasteiger partial charge on any atom is -0.387 e. The highest BCUT2D eigenvalue weighted by Crippen LogP contribution is 1.86. The van der Waals surface area contributed by atoms with Crippen LogP contribution in [0.2, 0.25) is 0 Å². The van der Waals surface area contributed by atoms with Crippen molar-refractivity contribution >= 4 is 0 Å². The molecule has 0 fully saturated rings. The van der Waals surface area contributed by atoms with Crippen molar-refractivity contribution in [3.8, 4) is 0 Å². The van der Waals surface area contributed by atoms with E-state index in [0.29, 0.717) is 13.2 Å². The van der Waals surface area contributed by atoms with Gasteiger partial charge < -0.3 is 14.6 Å². The summed E-state index contributed by atoms with van der Waals surface area (Å²) in [6.07, 6.45) is 2.89. The second-order valence-electron chi connectivity index (χ2n) is 1.91. The summed E-state index contributed by atoms with van der Waals surface area (Å²) in [7, 11) is 3.15. The molecule has 1 atom stereocenters. The summed E-state index contributed by atoms with van der Waals surface area (Å²) in [4.78, 5) is 0. The van der Waals surface area contributed by atoms with Crippen molar-refractivity contribution < 1.29 is 14.6 Å². The summed E-state index contributed by atoms with van der Waals surface area (Å²) in [5.41, 5.74) is 0. The summed E-state index contributed by atoms with van der Waals surface area (Å²) in [6.45, 7) is 0.862. The van der Waals surface area contributed by atoms with Gasteiger partial charge in [-0.3, -0.25) is 0 Å². The Bertz CT molecular complexity index is 90.9. The van der Waals surface area contributed by atoms with Crippen molar-refractivity contribution in [3.63, 3.8) is 0 Å². The molecule has 60 valence electrons. The van der Waals surface area contributed by atoms with Crippen LogP contribution in [0.15, 0.2) is 12.2 Å². The highest BCUT2D eigenvalue weighted by atomic mass is 16.5. The monoisotopic (exact) mass is 146 g/mol. The van der Waals surface area contributed by atoms with Gasteiger partial charge in [-0.1, -0.05) is 12.2 Å². The molecule has 1 unspecified atom stereocenters. The van der Waals surface area contributed by atoms with E-state index >= 15 is 0 Å². The van der Waals surface area contributed by atoms with Crippen LogP contribution in [-0.2, 0) is 9.47 Å². The third kappa shape index (κ3) is 5.75. The van der Waals surface area contributed by atoms with Crippen molar-refractivity contribution in [2.24, 2.45) is 0 Å². The van der Waals surface area contributed by atoms with Crippen LogP contribution in [0.25, 0.3) is 0 Å². The SMILES string of the molecule is COC/C=C/C(O)COC. The molecule has 0 amide bonds. The van der Waals surface area contributed by atoms with Gasteiger partial charge in [0.25, 0.3) is 0 Å². The largest absolute Gasteiger partial charge is 0.387 e. The van der Waals surface area contributed by atoms with Crippen molar-refractivity contribution in [3.05, 3.63) is 12.2 Å². The van der Waals surface area contributed by atoms with Crippen LogP contribution in [-0.4, -0.2) is 38.6 Å². The van der Waals surface area contributed by atoms with Crippen molar-refractivity contribution in [1.82, 2.24) is 0 Å². The van der Waals surface area contributed by atoms with E-state index in [2.05, 4.69) is 0 Å². The summed E-state index contributed by atoms with van der Waals surface area (Å²) in [5, 5.41) is 9.01. The summed E-state index contributed by atoms with van der Waals surface area (Å²) in [5.74, 6) is 0. The first-order valence-corrected chi connectivity index (χ1v) is 3.14. The second-order valence-corrected chi connectivity index (χ2v) is 1.91. The summed E-state index contributed by atoms with van der Waals surface area (Å²) < 4.78 is 9.42. The van der Waals surface area contributed by atoms with Gasteiger partial charge in [-0.05, 0) is 0 Å². The van der Waals surface area contributed by atoms with Crippen LogP contribution < -0.4 is 0 Å². The van der Waals surface area contributed by atoms with E-state index in [0.717, 1.165) is 0 Å². The van der Waals surface area contributed by atoms with Crippen molar-refractivity contribution in [1.29, 1.82) is 0 Å². The fraction of sp³-hybridized carbons (Fsp3) is 0.714. The standard InChI is InChI=1S/C7H14O3/c1-9-5-3-4-7(8)6-10-2/h3-4,7-8H,5-6H2,1-2H3/b4-3+. The molecule has 3 heteroatoms. The van der Waals surface area contributed by atoms with E-state index in [-0.39, 0.29) is 0 Å². The van der Waals surface area contributed by atoms with Crippen molar-refractivity contribution in [2.75, 3.05) is 27.4 Å². The maximum absolute atomic E-state index is 9.01. The predicted octanol–water partition coefficient (Wildman–Crippen LogP) is 0.196. The van der Waals surface area contributed by atoms with E-state index in [4.69, 9.17) is 14.6 Å². The topological polar surface area (TPSA) is 38.7 Å². The number of hydrogen-bond acceptors (Lipinski definition) is 3. The fourth-order valence-electron chi connectivity index (χ4n) is 0.535. The lowest BCUT2D eigenvalue weighted by Crippen LogP contribution is -2.10. The molecule has 0 aliphatic carbocycles. The van der Waals surface area contributed by atoms with E-state index in [1.165, 1.54) is 0 Å². The molecule has 3 nitrogen and oxygen atoms in total. The Labute approximate surface area is 61.3 Å². The van der Waals surface area contributed by atoms with E-state index < -0.39 is 6.10 Å². The van der Waals surface area contributed by atoms with Crippen LogP contribution in [0.1, 0.15) is 0 Å². The molecule has 0 rings (SSSR count). The third-order valence-corrected chi connectivity index (χ3v) is 0.959. The number of ether oxygens (including phenoxy) is 2. The van der Waals surface area contributed by atoms with E-state index in [1.807, 2.05) is 0 Å². The third-order valence-electron chi connectivity index (χ3n) is 0.959. The maximum Gasteiger partial charge on any atom is 0.0955 e. The molecular formula is C7H14O3. The minimum absolute atomic E-state index is 0.334. The Balaban J connectivity index is 3.26. The Hall–Kier alpha value is -0.380. The molecule has 0 saturated carbocycles. The molecule has 0 aromatic heterocycles. The first-order valence-electron chi connectivity index (χ1n) is 3.14. The quantitative estimate of drug-likeness (QED) is 0.563. The van der Waals surface area contributed by atoms with Crippen LogP contribution in [0, 0.1) is 0 Å². The van der Waals surface area contributed by atoms with Gasteiger partial charge in [0.2, 0.25) is 0 Å². The highest BCUT2D eigenvalue weighted by molar-refractivity contribution is 4.88. The molecular weight excluding hydrogens is 132 g/mol. The normalized spacial score (nSPS) is 14.3. The summed E-state index contributed by atoms with van der Waals surface area (Å²) >= 11 is 0. The van der Waals surface area contributed by atoms with Gasteiger partial charge in [0, 0.05) is 14.2 Å². The van der Waals surface area contributed by atoms with Gasteiger partial charge in [0.1, 0.15) is 0 Å². The summed E-state index contributed by atoms with van der Waals surface area (Å²) in [6, 6.07) is 0. The molecule has 0 aliphatic rings. The Morgan fingerprint density at radius 3 is 2.60 bits per heavy atom. The van der Waals surface area contributed by atoms with E-state index in [1.54, 1.807) is 26.4 Å². The number of hydrogen-bond donors (Lipinski definition) is 1. The molecule has 1 N–H and O–H groups in total. The smallest absolute Gasteiger partial charge is 0.0955 e. The molecule has 10 heavy (non-hydrogen) atoms. The maximum atomic E-state index is 9.01. The fourth-order valence-corrected chi connectivity index (χ4v) is 0.535. The van der Waals surface area contributed by atoms with Crippen molar-refractivity contribution in [2.45, 2.75) is 6.10 Å². The average molecular weight is 146 g/mol. The molecule has 0 heterocycles. The predicted molar refractivity (Wildman–Crippen MR) is 38.9 cm³/mol. The number of aliphatic hydroxyl groups is 1. The zero-order chi connectivity index (χ0) is 7.82. The second kappa shape index (κ2) is 6.74. The lowest BCUT2D eigenvalue weighted by atomic mass is 10.3. The first-order chi connectivity index (χ1) is 4.81. The zero-order valence-corrected chi connectivity index (χ0v) is 6.41. The number of rotatable bonds is 5. The Kier molecular flexibility index (Phi) is 6.48. The molecule has 0 radical (unpaired) electrons. The Morgan fingerprint density at radius 2 is 2.10 bits per heavy atom. The van der Waals surface area contributed by atoms with Crippen LogP contribution in [0.5, 0.6) is 0 Å². The Morgan fingerprint density at radius 1 is 1.40 bits per heavy atom. The van der Waals surface area contributed by atoms with Gasteiger partial charge in [-0.15, -0.1) is 0 Å². The molecule has 0 saturated heterocycles. The molecule has 0 aliphatic heterocycles. The van der Waals surface area contributed by atoms with Gasteiger partial charge in [-0.25, -0.2) is 0 Å².